The van der Waals surface area contributed by atoms with Crippen LogP contribution >= 0.6 is 11.3 Å². The topological polar surface area (TPSA) is 38.9 Å². The summed E-state index contributed by atoms with van der Waals surface area (Å²) < 4.78 is 38.1. The van der Waals surface area contributed by atoms with Crippen LogP contribution in [0.1, 0.15) is 22.9 Å². The summed E-state index contributed by atoms with van der Waals surface area (Å²) in [6.45, 7) is 0. The van der Waals surface area contributed by atoms with Gasteiger partial charge in [-0.1, -0.05) is 6.07 Å². The molecule has 0 saturated carbocycles. The van der Waals surface area contributed by atoms with Crippen LogP contribution in [0, 0.1) is 0 Å². The second kappa shape index (κ2) is 4.46. The van der Waals surface area contributed by atoms with Gasteiger partial charge < -0.3 is 5.73 Å². The van der Waals surface area contributed by atoms with Crippen LogP contribution < -0.4 is 5.73 Å². The van der Waals surface area contributed by atoms with Crippen LogP contribution in [0.25, 0.3) is 0 Å². The van der Waals surface area contributed by atoms with Gasteiger partial charge in [-0.05, 0) is 23.1 Å². The van der Waals surface area contributed by atoms with Crippen LogP contribution in [0.5, 0.6) is 0 Å². The number of nitrogens with zero attached hydrogens (tertiary/aromatic N) is 1. The van der Waals surface area contributed by atoms with E-state index >= 15 is 0 Å². The Balaban J connectivity index is 2.39. The molecule has 0 saturated heterocycles. The van der Waals surface area contributed by atoms with Gasteiger partial charge in [-0.25, -0.2) is 0 Å². The molecule has 1 unspecified atom stereocenters. The molecule has 2 nitrogen and oxygen atoms in total. The highest BCUT2D eigenvalue weighted by atomic mass is 32.1. The van der Waals surface area contributed by atoms with Gasteiger partial charge in [0, 0.05) is 11.6 Å². The molecule has 2 rings (SSSR count). The predicted molar refractivity (Wildman–Crippen MR) is 59.6 cm³/mol. The lowest BCUT2D eigenvalue weighted by Gasteiger charge is -2.14. The first kappa shape index (κ1) is 12.1. The molecule has 2 aromatic heterocycles. The summed E-state index contributed by atoms with van der Waals surface area (Å²) in [6, 6.07) is 4.15. The van der Waals surface area contributed by atoms with Crippen molar-refractivity contribution in [3.05, 3.63) is 52.0 Å². The second-order valence-electron chi connectivity index (χ2n) is 3.47. The number of pyridine rings is 1. The molecule has 0 aliphatic carbocycles. The van der Waals surface area contributed by atoms with E-state index in [-0.39, 0.29) is 5.56 Å². The first-order valence-corrected chi connectivity index (χ1v) is 5.74. The zero-order chi connectivity index (χ0) is 12.5. The molecule has 0 amide bonds. The maximum Gasteiger partial charge on any atom is 0.417 e. The van der Waals surface area contributed by atoms with Crippen LogP contribution in [0.2, 0.25) is 0 Å². The van der Waals surface area contributed by atoms with E-state index in [2.05, 4.69) is 4.98 Å². The fourth-order valence-electron chi connectivity index (χ4n) is 1.50. The largest absolute Gasteiger partial charge is 0.417 e. The van der Waals surface area contributed by atoms with E-state index in [1.165, 1.54) is 11.6 Å². The molecule has 0 aliphatic rings. The minimum absolute atomic E-state index is 0.0706. The van der Waals surface area contributed by atoms with Gasteiger partial charge in [0.2, 0.25) is 0 Å². The minimum atomic E-state index is -4.37. The summed E-state index contributed by atoms with van der Waals surface area (Å²) >= 11 is 0.988. The zero-order valence-corrected chi connectivity index (χ0v) is 9.42. The summed E-state index contributed by atoms with van der Waals surface area (Å²) in [5.41, 5.74) is 5.62. The third kappa shape index (κ3) is 2.48. The van der Waals surface area contributed by atoms with E-state index in [0.717, 1.165) is 16.7 Å². The van der Waals surface area contributed by atoms with Crippen molar-refractivity contribution in [1.29, 1.82) is 0 Å². The van der Waals surface area contributed by atoms with E-state index in [9.17, 15) is 13.2 Å². The Morgan fingerprint density at radius 1 is 1.24 bits per heavy atom. The summed E-state index contributed by atoms with van der Waals surface area (Å²) in [7, 11) is 0. The number of alkyl halides is 3. The van der Waals surface area contributed by atoms with Crippen molar-refractivity contribution in [2.24, 2.45) is 5.73 Å². The molecular weight excluding hydrogens is 249 g/mol. The number of hydrogen-bond acceptors (Lipinski definition) is 3. The first-order valence-electron chi connectivity index (χ1n) is 4.80. The smallest absolute Gasteiger partial charge is 0.319 e. The van der Waals surface area contributed by atoms with Gasteiger partial charge in [-0.2, -0.15) is 24.5 Å². The predicted octanol–water partition coefficient (Wildman–Crippen LogP) is 3.21. The van der Waals surface area contributed by atoms with E-state index in [1.807, 2.05) is 0 Å². The van der Waals surface area contributed by atoms with E-state index in [1.54, 1.807) is 18.2 Å². The molecule has 0 spiro atoms. The molecule has 1 atom stereocenters. The molecule has 6 heteroatoms. The molecule has 0 fully saturated rings. The second-order valence-corrected chi connectivity index (χ2v) is 4.21. The molecule has 17 heavy (non-hydrogen) atoms. The van der Waals surface area contributed by atoms with Crippen LogP contribution in [-0.4, -0.2) is 4.98 Å². The molecule has 90 valence electrons. The molecule has 2 N–H and O–H groups in total. The Kier molecular flexibility index (Phi) is 3.17. The first-order chi connectivity index (χ1) is 8.00. The summed E-state index contributed by atoms with van der Waals surface area (Å²) in [6.07, 6.45) is -2.86. The van der Waals surface area contributed by atoms with Crippen LogP contribution in [0.3, 0.4) is 0 Å². The fraction of sp³-hybridized carbons (Fsp3) is 0.182. The summed E-state index contributed by atoms with van der Waals surface area (Å²) in [5, 5.41) is 2.49. The summed E-state index contributed by atoms with van der Waals surface area (Å²) in [5.74, 6) is 0. The van der Waals surface area contributed by atoms with Crippen molar-refractivity contribution in [3.63, 3.8) is 0 Å². The number of hydrogen-bond donors (Lipinski definition) is 1. The van der Waals surface area contributed by atoms with Gasteiger partial charge in [-0.3, -0.25) is 4.98 Å². The number of nitrogens with two attached hydrogens (primary N) is 1. The normalized spacial score (nSPS) is 13.6. The number of rotatable bonds is 2. The lowest BCUT2D eigenvalue weighted by molar-refractivity contribution is -0.138. The Labute approximate surface area is 99.9 Å². The fourth-order valence-corrected chi connectivity index (χ4v) is 2.39. The lowest BCUT2D eigenvalue weighted by atomic mass is 10.0. The van der Waals surface area contributed by atoms with Gasteiger partial charge in [-0.15, -0.1) is 0 Å². The molecule has 0 aliphatic heterocycles. The van der Waals surface area contributed by atoms with Gasteiger partial charge in [0.05, 0.1) is 17.3 Å². The average molecular weight is 258 g/mol. The number of halogens is 3. The third-order valence-electron chi connectivity index (χ3n) is 2.34. The van der Waals surface area contributed by atoms with Crippen molar-refractivity contribution < 1.29 is 13.2 Å². The van der Waals surface area contributed by atoms with Crippen molar-refractivity contribution in [2.75, 3.05) is 0 Å². The van der Waals surface area contributed by atoms with Crippen molar-refractivity contribution in [2.45, 2.75) is 12.2 Å². The van der Waals surface area contributed by atoms with E-state index in [4.69, 9.17) is 5.73 Å². The third-order valence-corrected chi connectivity index (χ3v) is 3.10. The Hall–Kier alpha value is -1.40. The Morgan fingerprint density at radius 3 is 2.59 bits per heavy atom. The van der Waals surface area contributed by atoms with Gasteiger partial charge in [0.25, 0.3) is 0 Å². The van der Waals surface area contributed by atoms with Crippen LogP contribution in [0.4, 0.5) is 13.2 Å². The highest BCUT2D eigenvalue weighted by Gasteiger charge is 2.35. The maximum atomic E-state index is 12.7. The van der Waals surface area contributed by atoms with Crippen molar-refractivity contribution >= 4 is 11.3 Å². The van der Waals surface area contributed by atoms with Crippen LogP contribution in [-0.2, 0) is 6.18 Å². The van der Waals surface area contributed by atoms with Gasteiger partial charge in [0.15, 0.2) is 0 Å². The lowest BCUT2D eigenvalue weighted by Crippen LogP contribution is -2.17. The Morgan fingerprint density at radius 2 is 2.00 bits per heavy atom. The summed E-state index contributed by atoms with van der Waals surface area (Å²) in [4.78, 5) is 3.97. The molecule has 2 heterocycles. The molecule has 0 aromatic carbocycles. The molecule has 2 aromatic rings. The highest BCUT2D eigenvalue weighted by molar-refractivity contribution is 7.08. The van der Waals surface area contributed by atoms with Gasteiger partial charge in [0.1, 0.15) is 0 Å². The van der Waals surface area contributed by atoms with Crippen LogP contribution in [0.15, 0.2) is 35.2 Å². The van der Waals surface area contributed by atoms with Crippen molar-refractivity contribution in [1.82, 2.24) is 4.98 Å². The zero-order valence-electron chi connectivity index (χ0n) is 8.61. The SMILES string of the molecule is NC(c1ccccn1)c1cscc1C(F)(F)F. The monoisotopic (exact) mass is 258 g/mol. The maximum absolute atomic E-state index is 12.7. The minimum Gasteiger partial charge on any atom is -0.319 e. The quantitative estimate of drug-likeness (QED) is 0.898. The van der Waals surface area contributed by atoms with E-state index < -0.39 is 17.8 Å². The van der Waals surface area contributed by atoms with Crippen molar-refractivity contribution in [3.8, 4) is 0 Å². The molecular formula is C11H9F3N2S. The Bertz CT molecular complexity index is 493. The highest BCUT2D eigenvalue weighted by Crippen LogP contribution is 2.37. The number of aromatic nitrogens is 1. The average Bonchev–Trinajstić information content (AvgIpc) is 2.78. The van der Waals surface area contributed by atoms with Gasteiger partial charge >= 0.3 is 6.18 Å². The number of thiophene rings is 1. The van der Waals surface area contributed by atoms with E-state index in [0.29, 0.717) is 5.69 Å². The molecule has 0 radical (unpaired) electrons. The standard InChI is InChI=1S/C11H9F3N2S/c12-11(13,14)8-6-17-5-7(8)10(15)9-3-1-2-4-16-9/h1-6,10H,15H2. The molecule has 0 bridgehead atoms.